The standard InChI is InChI=1S/C22H24N2O6S/c1-3-5-21(27)23(15-25)17-7-11-19(12-8-17)31(29,30)20-13-9-18(10-14-20)24(16-26)22(28)6-4-2/h7-16H,3-6H2,1-2H3. The van der Waals surface area contributed by atoms with E-state index in [1.807, 2.05) is 13.8 Å². The number of imide groups is 2. The Hall–Kier alpha value is -3.33. The molecule has 2 rings (SSSR count). The third-order valence-electron chi connectivity index (χ3n) is 4.53. The Kier molecular flexibility index (Phi) is 8.21. The first-order valence-electron chi connectivity index (χ1n) is 9.80. The van der Waals surface area contributed by atoms with E-state index < -0.39 is 9.84 Å². The van der Waals surface area contributed by atoms with Gasteiger partial charge in [-0.1, -0.05) is 13.8 Å². The van der Waals surface area contributed by atoms with E-state index >= 15 is 0 Å². The van der Waals surface area contributed by atoms with Crippen molar-refractivity contribution >= 4 is 45.8 Å². The second-order valence-corrected chi connectivity index (χ2v) is 8.68. The second kappa shape index (κ2) is 10.6. The topological polar surface area (TPSA) is 109 Å². The number of anilines is 2. The number of benzene rings is 2. The van der Waals surface area contributed by atoms with Crippen molar-refractivity contribution in [3.05, 3.63) is 48.5 Å². The number of nitrogens with zero attached hydrogens (tertiary/aromatic N) is 2. The molecule has 0 aliphatic heterocycles. The molecule has 0 atom stereocenters. The van der Waals surface area contributed by atoms with Gasteiger partial charge in [0.05, 0.1) is 21.2 Å². The molecule has 2 aromatic carbocycles. The van der Waals surface area contributed by atoms with E-state index in [2.05, 4.69) is 0 Å². The maximum absolute atomic E-state index is 12.9. The van der Waals surface area contributed by atoms with Gasteiger partial charge in [-0.05, 0) is 61.4 Å². The summed E-state index contributed by atoms with van der Waals surface area (Å²) in [5.41, 5.74) is 0.553. The van der Waals surface area contributed by atoms with E-state index in [4.69, 9.17) is 0 Å². The van der Waals surface area contributed by atoms with Crippen LogP contribution in [0.2, 0.25) is 0 Å². The summed E-state index contributed by atoms with van der Waals surface area (Å²) in [5, 5.41) is 0. The van der Waals surface area contributed by atoms with E-state index in [9.17, 15) is 27.6 Å². The lowest BCUT2D eigenvalue weighted by Crippen LogP contribution is -2.29. The Morgan fingerprint density at radius 3 is 1.29 bits per heavy atom. The van der Waals surface area contributed by atoms with Crippen LogP contribution in [0, 0.1) is 0 Å². The number of sulfone groups is 1. The van der Waals surface area contributed by atoms with Gasteiger partial charge in [-0.15, -0.1) is 0 Å². The zero-order valence-electron chi connectivity index (χ0n) is 17.4. The van der Waals surface area contributed by atoms with Gasteiger partial charge in [0.1, 0.15) is 0 Å². The summed E-state index contributed by atoms with van der Waals surface area (Å²) >= 11 is 0. The molecule has 0 N–H and O–H groups in total. The SMILES string of the molecule is CCCC(=O)N(C=O)c1ccc(S(=O)(=O)c2ccc(N(C=O)C(=O)CCC)cc2)cc1. The minimum Gasteiger partial charge on any atom is -0.278 e. The molecule has 0 saturated carbocycles. The van der Waals surface area contributed by atoms with Crippen LogP contribution in [0.15, 0.2) is 58.3 Å². The molecule has 9 heteroatoms. The van der Waals surface area contributed by atoms with Crippen molar-refractivity contribution in [2.45, 2.75) is 49.3 Å². The molecule has 0 spiro atoms. The molecule has 4 amide bonds. The average molecular weight is 445 g/mol. The number of carbonyl (C=O) groups is 4. The summed E-state index contributed by atoms with van der Waals surface area (Å²) in [4.78, 5) is 48.4. The van der Waals surface area contributed by atoms with E-state index in [0.29, 0.717) is 25.7 Å². The lowest BCUT2D eigenvalue weighted by atomic mass is 10.2. The highest BCUT2D eigenvalue weighted by molar-refractivity contribution is 7.91. The Bertz CT molecular complexity index is 967. The first kappa shape index (κ1) is 23.9. The molecule has 0 heterocycles. The van der Waals surface area contributed by atoms with E-state index in [1.54, 1.807) is 0 Å². The van der Waals surface area contributed by atoms with Crippen molar-refractivity contribution in [1.82, 2.24) is 0 Å². The first-order chi connectivity index (χ1) is 14.8. The molecule has 0 bridgehead atoms. The zero-order valence-corrected chi connectivity index (χ0v) is 18.2. The fourth-order valence-electron chi connectivity index (χ4n) is 2.90. The molecule has 8 nitrogen and oxygen atoms in total. The van der Waals surface area contributed by atoms with Gasteiger partial charge in [-0.3, -0.25) is 29.0 Å². The van der Waals surface area contributed by atoms with E-state index in [0.717, 1.165) is 9.80 Å². The summed E-state index contributed by atoms with van der Waals surface area (Å²) in [6.07, 6.45) is 2.36. The molecule has 0 saturated heterocycles. The van der Waals surface area contributed by atoms with Crippen molar-refractivity contribution in [2.75, 3.05) is 9.80 Å². The van der Waals surface area contributed by atoms with E-state index in [1.165, 1.54) is 48.5 Å². The zero-order chi connectivity index (χ0) is 23.0. The summed E-state index contributed by atoms with van der Waals surface area (Å²) in [6, 6.07) is 10.8. The van der Waals surface area contributed by atoms with Crippen LogP contribution in [0.4, 0.5) is 11.4 Å². The Morgan fingerprint density at radius 2 is 1.03 bits per heavy atom. The molecule has 0 aromatic heterocycles. The maximum atomic E-state index is 12.9. The quantitative estimate of drug-likeness (QED) is 0.521. The number of carbonyl (C=O) groups excluding carboxylic acids is 4. The van der Waals surface area contributed by atoms with Crippen molar-refractivity contribution in [2.24, 2.45) is 0 Å². The fourth-order valence-corrected chi connectivity index (χ4v) is 4.16. The average Bonchev–Trinajstić information content (AvgIpc) is 2.76. The largest absolute Gasteiger partial charge is 0.278 e. The Morgan fingerprint density at radius 1 is 0.710 bits per heavy atom. The van der Waals surface area contributed by atoms with Crippen LogP contribution in [0.5, 0.6) is 0 Å². The van der Waals surface area contributed by atoms with Gasteiger partial charge >= 0.3 is 0 Å². The molecule has 0 unspecified atom stereocenters. The molecule has 31 heavy (non-hydrogen) atoms. The molecule has 0 aliphatic rings. The predicted octanol–water partition coefficient (Wildman–Crippen LogP) is 3.10. The van der Waals surface area contributed by atoms with E-state index in [-0.39, 0.29) is 45.8 Å². The number of hydrogen-bond acceptors (Lipinski definition) is 6. The lowest BCUT2D eigenvalue weighted by Gasteiger charge is -2.16. The highest BCUT2D eigenvalue weighted by atomic mass is 32.2. The molecular weight excluding hydrogens is 420 g/mol. The monoisotopic (exact) mass is 444 g/mol. The van der Waals surface area contributed by atoms with Gasteiger partial charge in [-0.25, -0.2) is 8.42 Å². The molecular formula is C22H24N2O6S. The molecule has 0 radical (unpaired) electrons. The summed E-state index contributed by atoms with van der Waals surface area (Å²) in [6.45, 7) is 3.63. The van der Waals surface area contributed by atoms with Gasteiger partial charge in [0.25, 0.3) is 0 Å². The van der Waals surface area contributed by atoms with Crippen LogP contribution in [-0.4, -0.2) is 33.1 Å². The molecule has 0 aliphatic carbocycles. The van der Waals surface area contributed by atoms with Crippen molar-refractivity contribution < 1.29 is 27.6 Å². The van der Waals surface area contributed by atoms with Crippen molar-refractivity contribution in [1.29, 1.82) is 0 Å². The summed E-state index contributed by atoms with van der Waals surface area (Å²) in [5.74, 6) is -0.748. The highest BCUT2D eigenvalue weighted by Crippen LogP contribution is 2.26. The van der Waals surface area contributed by atoms with Crippen molar-refractivity contribution in [3.8, 4) is 0 Å². The Labute approximate surface area is 181 Å². The van der Waals surface area contributed by atoms with Crippen LogP contribution in [0.25, 0.3) is 0 Å². The predicted molar refractivity (Wildman–Crippen MR) is 115 cm³/mol. The van der Waals surface area contributed by atoms with Gasteiger partial charge < -0.3 is 0 Å². The normalized spacial score (nSPS) is 10.9. The van der Waals surface area contributed by atoms with Crippen LogP contribution in [0.3, 0.4) is 0 Å². The summed E-state index contributed by atoms with van der Waals surface area (Å²) < 4.78 is 25.8. The van der Waals surface area contributed by atoms with Crippen LogP contribution in [-0.2, 0) is 29.0 Å². The molecule has 2 aromatic rings. The number of rotatable bonds is 10. The summed E-state index contributed by atoms with van der Waals surface area (Å²) in [7, 11) is -3.88. The van der Waals surface area contributed by atoms with Gasteiger partial charge in [0, 0.05) is 12.8 Å². The van der Waals surface area contributed by atoms with Crippen LogP contribution >= 0.6 is 0 Å². The minimum atomic E-state index is -3.88. The number of amides is 4. The van der Waals surface area contributed by atoms with Gasteiger partial charge in [-0.2, -0.15) is 0 Å². The molecule has 164 valence electrons. The minimum absolute atomic E-state index is 0.0212. The third kappa shape index (κ3) is 5.43. The number of hydrogen-bond donors (Lipinski definition) is 0. The third-order valence-corrected chi connectivity index (χ3v) is 6.31. The Balaban J connectivity index is 2.29. The van der Waals surface area contributed by atoms with Gasteiger partial charge in [0.15, 0.2) is 0 Å². The highest BCUT2D eigenvalue weighted by Gasteiger charge is 2.21. The first-order valence-corrected chi connectivity index (χ1v) is 11.3. The smallest absolute Gasteiger partial charge is 0.233 e. The van der Waals surface area contributed by atoms with Gasteiger partial charge in [0.2, 0.25) is 34.5 Å². The maximum Gasteiger partial charge on any atom is 0.233 e. The van der Waals surface area contributed by atoms with Crippen LogP contribution in [0.1, 0.15) is 39.5 Å². The molecule has 0 fully saturated rings. The van der Waals surface area contributed by atoms with Crippen LogP contribution < -0.4 is 9.80 Å². The second-order valence-electron chi connectivity index (χ2n) is 6.73. The van der Waals surface area contributed by atoms with Crippen molar-refractivity contribution in [3.63, 3.8) is 0 Å². The fraction of sp³-hybridized carbons (Fsp3) is 0.273. The lowest BCUT2D eigenvalue weighted by molar-refractivity contribution is -0.123.